The van der Waals surface area contributed by atoms with E-state index in [-0.39, 0.29) is 35.4 Å². The molecule has 2 aromatic heterocycles. The fraction of sp³-hybridized carbons (Fsp3) is 0.481. The molecule has 5 rings (SSSR count). The maximum absolute atomic E-state index is 12.9. The third-order valence-corrected chi connectivity index (χ3v) is 7.64. The van der Waals surface area contributed by atoms with Crippen LogP contribution in [0.4, 0.5) is 13.2 Å². The maximum atomic E-state index is 12.9. The summed E-state index contributed by atoms with van der Waals surface area (Å²) in [5, 5.41) is 0. The zero-order valence-electron chi connectivity index (χ0n) is 21.0. The van der Waals surface area contributed by atoms with E-state index in [1.165, 1.54) is 19.2 Å². The number of hydrogen-bond acceptors (Lipinski definition) is 6. The largest absolute Gasteiger partial charge is 0.573 e. The van der Waals surface area contributed by atoms with Crippen molar-refractivity contribution in [3.05, 3.63) is 53.5 Å². The van der Waals surface area contributed by atoms with Crippen LogP contribution in [-0.2, 0) is 9.53 Å². The Bertz CT molecular complexity index is 1290. The van der Waals surface area contributed by atoms with Gasteiger partial charge in [0.15, 0.2) is 5.65 Å². The first kappa shape index (κ1) is 26.0. The first-order chi connectivity index (χ1) is 18.2. The highest BCUT2D eigenvalue weighted by atomic mass is 19.4. The zero-order valence-corrected chi connectivity index (χ0v) is 21.0. The number of carbonyl (C=O) groups is 2. The molecule has 2 aliphatic rings. The highest BCUT2D eigenvalue weighted by molar-refractivity contribution is 5.94. The van der Waals surface area contributed by atoms with Gasteiger partial charge in [-0.3, -0.25) is 9.59 Å². The number of piperidine rings is 1. The van der Waals surface area contributed by atoms with Crippen LogP contribution in [0.2, 0.25) is 0 Å². The Labute approximate surface area is 217 Å². The smallest absolute Gasteiger partial charge is 0.469 e. The SMILES string of the molecule is COC(=O)C1CCC(c2nc3c(C4CCN(C(=O)c5ccc(OC(F)(F)F)cc5)CC4)ccnc3[nH]2)CC1. The molecule has 1 aliphatic heterocycles. The normalized spacial score (nSPS) is 20.9. The molecule has 1 amide bonds. The Morgan fingerprint density at radius 1 is 0.974 bits per heavy atom. The van der Waals surface area contributed by atoms with Crippen molar-refractivity contribution in [1.82, 2.24) is 19.9 Å². The molecule has 3 heterocycles. The summed E-state index contributed by atoms with van der Waals surface area (Å²) >= 11 is 0. The van der Waals surface area contributed by atoms with Crippen LogP contribution in [0.25, 0.3) is 11.2 Å². The summed E-state index contributed by atoms with van der Waals surface area (Å²) in [5.41, 5.74) is 3.01. The minimum Gasteiger partial charge on any atom is -0.469 e. The molecule has 202 valence electrons. The molecule has 1 saturated heterocycles. The Morgan fingerprint density at radius 2 is 1.66 bits per heavy atom. The third-order valence-electron chi connectivity index (χ3n) is 7.64. The van der Waals surface area contributed by atoms with Crippen molar-refractivity contribution in [3.8, 4) is 5.75 Å². The average molecular weight is 531 g/mol. The summed E-state index contributed by atoms with van der Waals surface area (Å²) in [6.45, 7) is 1.06. The summed E-state index contributed by atoms with van der Waals surface area (Å²) in [7, 11) is 1.43. The number of esters is 1. The minimum absolute atomic E-state index is 0.0478. The van der Waals surface area contributed by atoms with Gasteiger partial charge >= 0.3 is 12.3 Å². The van der Waals surface area contributed by atoms with Gasteiger partial charge in [0.1, 0.15) is 17.1 Å². The Balaban J connectivity index is 1.22. The molecule has 1 N–H and O–H groups in total. The number of nitrogens with zero attached hydrogens (tertiary/aromatic N) is 3. The number of halogens is 3. The molecule has 11 heteroatoms. The van der Waals surface area contributed by atoms with Crippen molar-refractivity contribution in [3.63, 3.8) is 0 Å². The topological polar surface area (TPSA) is 97.4 Å². The summed E-state index contributed by atoms with van der Waals surface area (Å²) in [6.07, 6.45) is 1.76. The summed E-state index contributed by atoms with van der Waals surface area (Å²) in [4.78, 5) is 39.3. The molecule has 38 heavy (non-hydrogen) atoms. The van der Waals surface area contributed by atoms with E-state index < -0.39 is 6.36 Å². The molecular formula is C27H29F3N4O4. The van der Waals surface area contributed by atoms with Crippen LogP contribution >= 0.6 is 0 Å². The van der Waals surface area contributed by atoms with E-state index in [0.717, 1.165) is 73.2 Å². The summed E-state index contributed by atoms with van der Waals surface area (Å²) in [6, 6.07) is 7.00. The Hall–Kier alpha value is -3.63. The van der Waals surface area contributed by atoms with Gasteiger partial charge in [-0.15, -0.1) is 13.2 Å². The molecular weight excluding hydrogens is 501 g/mol. The van der Waals surface area contributed by atoms with Gasteiger partial charge in [-0.25, -0.2) is 9.97 Å². The van der Waals surface area contributed by atoms with E-state index in [2.05, 4.69) is 14.7 Å². The number of amides is 1. The summed E-state index contributed by atoms with van der Waals surface area (Å²) in [5.74, 6) is 0.580. The van der Waals surface area contributed by atoms with Crippen LogP contribution in [0.1, 0.15) is 72.1 Å². The first-order valence-electron chi connectivity index (χ1n) is 12.8. The molecule has 3 aromatic rings. The second-order valence-corrected chi connectivity index (χ2v) is 9.93. The van der Waals surface area contributed by atoms with Crippen LogP contribution in [0.5, 0.6) is 5.75 Å². The number of benzene rings is 1. The lowest BCUT2D eigenvalue weighted by Crippen LogP contribution is -2.38. The summed E-state index contributed by atoms with van der Waals surface area (Å²) < 4.78 is 45.9. The number of alkyl halides is 3. The maximum Gasteiger partial charge on any atom is 0.573 e. The van der Waals surface area contributed by atoms with Crippen LogP contribution in [0, 0.1) is 5.92 Å². The number of aromatic amines is 1. The number of methoxy groups -OCH3 is 1. The second kappa shape index (κ2) is 10.6. The van der Waals surface area contributed by atoms with E-state index >= 15 is 0 Å². The number of aromatic nitrogens is 3. The van der Waals surface area contributed by atoms with Crippen molar-refractivity contribution < 1.29 is 32.2 Å². The molecule has 0 spiro atoms. The Morgan fingerprint density at radius 3 is 2.29 bits per heavy atom. The standard InChI is InChI=1S/C27H29F3N4O4/c1-37-26(36)19-4-2-17(3-5-19)23-32-22-21(10-13-31-24(22)33-23)16-11-14-34(15-12-16)25(35)18-6-8-20(9-7-18)38-27(28,29)30/h6-10,13,16-17,19H,2-5,11-12,14-15H2,1H3,(H,31,32,33). The molecule has 8 nitrogen and oxygen atoms in total. The fourth-order valence-electron chi connectivity index (χ4n) is 5.61. The number of pyridine rings is 1. The van der Waals surface area contributed by atoms with Gasteiger partial charge in [-0.2, -0.15) is 0 Å². The van der Waals surface area contributed by atoms with Crippen LogP contribution < -0.4 is 4.74 Å². The molecule has 1 saturated carbocycles. The zero-order chi connectivity index (χ0) is 26.9. The minimum atomic E-state index is -4.77. The lowest BCUT2D eigenvalue weighted by Gasteiger charge is -2.32. The number of ether oxygens (including phenoxy) is 2. The molecule has 1 aliphatic carbocycles. The van der Waals surface area contributed by atoms with Crippen LogP contribution in [-0.4, -0.2) is 58.3 Å². The van der Waals surface area contributed by atoms with Crippen molar-refractivity contribution in [2.45, 2.75) is 56.7 Å². The molecule has 1 aromatic carbocycles. The number of nitrogens with one attached hydrogen (secondary N) is 1. The first-order valence-corrected chi connectivity index (χ1v) is 12.8. The van der Waals surface area contributed by atoms with Crippen LogP contribution in [0.15, 0.2) is 36.5 Å². The number of likely N-dealkylation sites (tertiary alicyclic amines) is 1. The number of H-pyrrole nitrogens is 1. The van der Waals surface area contributed by atoms with E-state index in [4.69, 9.17) is 9.72 Å². The number of hydrogen-bond donors (Lipinski definition) is 1. The van der Waals surface area contributed by atoms with Gasteiger partial charge in [-0.05, 0) is 80.3 Å². The number of imidazole rings is 1. The van der Waals surface area contributed by atoms with Gasteiger partial charge < -0.3 is 19.4 Å². The number of carbonyl (C=O) groups excluding carboxylic acids is 2. The predicted molar refractivity (Wildman–Crippen MR) is 132 cm³/mol. The average Bonchev–Trinajstić information content (AvgIpc) is 3.37. The van der Waals surface area contributed by atoms with Crippen molar-refractivity contribution in [1.29, 1.82) is 0 Å². The second-order valence-electron chi connectivity index (χ2n) is 9.93. The molecule has 0 atom stereocenters. The fourth-order valence-corrected chi connectivity index (χ4v) is 5.61. The van der Waals surface area contributed by atoms with Crippen molar-refractivity contribution in [2.24, 2.45) is 5.92 Å². The monoisotopic (exact) mass is 530 g/mol. The quantitative estimate of drug-likeness (QED) is 0.449. The van der Waals surface area contributed by atoms with Crippen molar-refractivity contribution >= 4 is 23.0 Å². The molecule has 0 radical (unpaired) electrons. The van der Waals surface area contributed by atoms with Crippen molar-refractivity contribution in [2.75, 3.05) is 20.2 Å². The lowest BCUT2D eigenvalue weighted by atomic mass is 9.81. The van der Waals surface area contributed by atoms with Gasteiger partial charge in [0, 0.05) is 30.8 Å². The van der Waals surface area contributed by atoms with E-state index in [9.17, 15) is 22.8 Å². The van der Waals surface area contributed by atoms with Crippen LogP contribution in [0.3, 0.4) is 0 Å². The number of rotatable bonds is 5. The van der Waals surface area contributed by atoms with Gasteiger partial charge in [0.2, 0.25) is 0 Å². The van der Waals surface area contributed by atoms with Gasteiger partial charge in [0.25, 0.3) is 5.91 Å². The van der Waals surface area contributed by atoms with E-state index in [1.807, 2.05) is 6.07 Å². The predicted octanol–water partition coefficient (Wildman–Crippen LogP) is 5.32. The molecule has 0 unspecified atom stereocenters. The van der Waals surface area contributed by atoms with E-state index in [0.29, 0.717) is 18.7 Å². The van der Waals surface area contributed by atoms with E-state index in [1.54, 1.807) is 11.1 Å². The third kappa shape index (κ3) is 5.61. The van der Waals surface area contributed by atoms with Gasteiger partial charge in [0.05, 0.1) is 13.0 Å². The lowest BCUT2D eigenvalue weighted by molar-refractivity contribution is -0.274. The van der Waals surface area contributed by atoms with Gasteiger partial charge in [-0.1, -0.05) is 0 Å². The molecule has 0 bridgehead atoms. The molecule has 2 fully saturated rings. The number of fused-ring (bicyclic) bond motifs is 1. The highest BCUT2D eigenvalue weighted by Crippen LogP contribution is 2.37. The Kier molecular flexibility index (Phi) is 7.27. The highest BCUT2D eigenvalue weighted by Gasteiger charge is 2.32.